The molecule has 0 unspecified atom stereocenters. The number of aromatic nitrogens is 4. The second-order valence-corrected chi connectivity index (χ2v) is 7.79. The molecular formula is C24H16ClFN6O2. The fraction of sp³-hybridized carbons (Fsp3) is 0.0417. The third-order valence-corrected chi connectivity index (χ3v) is 5.41. The Labute approximate surface area is 197 Å². The molecule has 5 aromatic rings. The Morgan fingerprint density at radius 2 is 1.91 bits per heavy atom. The molecule has 10 heteroatoms. The van der Waals surface area contributed by atoms with Gasteiger partial charge in [0.1, 0.15) is 11.3 Å². The summed E-state index contributed by atoms with van der Waals surface area (Å²) < 4.78 is 13.6. The van der Waals surface area contributed by atoms with Crippen LogP contribution in [0.1, 0.15) is 16.1 Å². The first kappa shape index (κ1) is 21.5. The quantitative estimate of drug-likeness (QED) is 0.280. The van der Waals surface area contributed by atoms with Gasteiger partial charge in [0.15, 0.2) is 5.82 Å². The lowest BCUT2D eigenvalue weighted by molar-refractivity contribution is 0.0697. The van der Waals surface area contributed by atoms with Gasteiger partial charge in [-0.1, -0.05) is 23.7 Å². The average molecular weight is 475 g/mol. The van der Waals surface area contributed by atoms with E-state index in [0.29, 0.717) is 45.8 Å². The second-order valence-electron chi connectivity index (χ2n) is 7.38. The van der Waals surface area contributed by atoms with Crippen LogP contribution in [-0.2, 0) is 6.54 Å². The zero-order chi connectivity index (χ0) is 23.7. The fourth-order valence-corrected chi connectivity index (χ4v) is 3.65. The van der Waals surface area contributed by atoms with E-state index >= 15 is 0 Å². The zero-order valence-corrected chi connectivity index (χ0v) is 18.2. The van der Waals surface area contributed by atoms with E-state index in [2.05, 4.69) is 30.6 Å². The number of aromatic carboxylic acids is 1. The Bertz CT molecular complexity index is 1550. The predicted octanol–water partition coefficient (Wildman–Crippen LogP) is 5.42. The van der Waals surface area contributed by atoms with Crippen LogP contribution in [0.5, 0.6) is 0 Å². The molecule has 3 aromatic heterocycles. The van der Waals surface area contributed by atoms with Crippen LogP contribution in [0.2, 0.25) is 5.02 Å². The van der Waals surface area contributed by atoms with Crippen LogP contribution in [0.15, 0.2) is 67.0 Å². The number of halogens is 2. The van der Waals surface area contributed by atoms with Gasteiger partial charge in [0.25, 0.3) is 0 Å². The summed E-state index contributed by atoms with van der Waals surface area (Å²) in [7, 11) is 0. The molecule has 0 fully saturated rings. The lowest BCUT2D eigenvalue weighted by Gasteiger charge is -2.13. The van der Waals surface area contributed by atoms with Crippen LogP contribution in [0, 0.1) is 5.82 Å². The number of pyridine rings is 2. The summed E-state index contributed by atoms with van der Waals surface area (Å²) in [6.45, 7) is 0.422. The Morgan fingerprint density at radius 1 is 1.03 bits per heavy atom. The van der Waals surface area contributed by atoms with Crippen molar-refractivity contribution in [2.24, 2.45) is 0 Å². The van der Waals surface area contributed by atoms with Crippen LogP contribution in [0.3, 0.4) is 0 Å². The number of carboxylic acids is 1. The molecule has 3 heterocycles. The normalized spacial score (nSPS) is 11.0. The molecule has 0 aliphatic heterocycles. The molecule has 0 spiro atoms. The number of rotatable bonds is 6. The highest BCUT2D eigenvalue weighted by Crippen LogP contribution is 2.31. The number of carbonyl (C=O) groups is 1. The number of anilines is 3. The minimum atomic E-state index is -1.06. The number of carboxylic acid groups (broad SMARTS) is 1. The topological polar surface area (TPSA) is 113 Å². The molecule has 0 radical (unpaired) electrons. The largest absolute Gasteiger partial charge is 0.478 e. The summed E-state index contributed by atoms with van der Waals surface area (Å²) in [5.74, 6) is -0.899. The van der Waals surface area contributed by atoms with E-state index in [1.54, 1.807) is 18.5 Å². The first-order valence-electron chi connectivity index (χ1n) is 10.2. The van der Waals surface area contributed by atoms with Gasteiger partial charge in [-0.3, -0.25) is 4.98 Å². The van der Waals surface area contributed by atoms with Crippen molar-refractivity contribution in [2.75, 3.05) is 10.6 Å². The molecule has 0 saturated heterocycles. The van der Waals surface area contributed by atoms with Crippen molar-refractivity contribution in [1.29, 1.82) is 0 Å². The number of hydrogen-bond donors (Lipinski definition) is 3. The third kappa shape index (κ3) is 4.28. The molecule has 34 heavy (non-hydrogen) atoms. The van der Waals surface area contributed by atoms with Gasteiger partial charge in [-0.2, -0.15) is 0 Å². The van der Waals surface area contributed by atoms with E-state index in [-0.39, 0.29) is 10.6 Å². The highest BCUT2D eigenvalue weighted by Gasteiger charge is 2.15. The second kappa shape index (κ2) is 8.87. The van der Waals surface area contributed by atoms with Gasteiger partial charge in [0, 0.05) is 28.9 Å². The van der Waals surface area contributed by atoms with E-state index in [4.69, 9.17) is 11.6 Å². The summed E-state index contributed by atoms with van der Waals surface area (Å²) >= 11 is 5.93. The highest BCUT2D eigenvalue weighted by atomic mass is 35.5. The maximum absolute atomic E-state index is 13.6. The lowest BCUT2D eigenvalue weighted by Crippen LogP contribution is -2.06. The Kier molecular flexibility index (Phi) is 5.60. The zero-order valence-electron chi connectivity index (χ0n) is 17.5. The number of hydrogen-bond acceptors (Lipinski definition) is 7. The van der Waals surface area contributed by atoms with Gasteiger partial charge in [0.05, 0.1) is 28.3 Å². The Morgan fingerprint density at radius 3 is 2.68 bits per heavy atom. The maximum atomic E-state index is 13.6. The molecule has 0 atom stereocenters. The average Bonchev–Trinajstić information content (AvgIpc) is 2.85. The van der Waals surface area contributed by atoms with E-state index < -0.39 is 11.8 Å². The van der Waals surface area contributed by atoms with E-state index in [0.717, 1.165) is 5.69 Å². The van der Waals surface area contributed by atoms with Crippen LogP contribution < -0.4 is 10.6 Å². The van der Waals surface area contributed by atoms with E-state index in [1.165, 1.54) is 30.3 Å². The summed E-state index contributed by atoms with van der Waals surface area (Å²) in [4.78, 5) is 29.4. The molecule has 0 aliphatic rings. The number of fused-ring (bicyclic) bond motifs is 3. The highest BCUT2D eigenvalue weighted by molar-refractivity contribution is 6.31. The van der Waals surface area contributed by atoms with Crippen LogP contribution >= 0.6 is 11.6 Å². The number of nitrogens with one attached hydrogen (secondary N) is 2. The van der Waals surface area contributed by atoms with Gasteiger partial charge >= 0.3 is 5.97 Å². The first-order valence-corrected chi connectivity index (χ1v) is 10.6. The Balaban J connectivity index is 1.62. The van der Waals surface area contributed by atoms with Crippen molar-refractivity contribution >= 4 is 56.8 Å². The van der Waals surface area contributed by atoms with Crippen molar-refractivity contribution in [2.45, 2.75) is 6.54 Å². The monoisotopic (exact) mass is 474 g/mol. The first-order chi connectivity index (χ1) is 16.5. The summed E-state index contributed by atoms with van der Waals surface area (Å²) in [6, 6.07) is 14.5. The molecule has 3 N–H and O–H groups in total. The summed E-state index contributed by atoms with van der Waals surface area (Å²) in [5.41, 5.74) is 2.36. The number of nitrogens with zero attached hydrogens (tertiary/aromatic N) is 4. The molecule has 0 aliphatic carbocycles. The van der Waals surface area contributed by atoms with Crippen LogP contribution in [-0.4, -0.2) is 31.0 Å². The predicted molar refractivity (Wildman–Crippen MR) is 128 cm³/mol. The molecule has 0 amide bonds. The van der Waals surface area contributed by atoms with Crippen molar-refractivity contribution in [3.8, 4) is 0 Å². The molecular weight excluding hydrogens is 459 g/mol. The third-order valence-electron chi connectivity index (χ3n) is 5.12. The molecule has 0 bridgehead atoms. The molecule has 0 saturated carbocycles. The van der Waals surface area contributed by atoms with Crippen molar-refractivity contribution in [3.05, 3.63) is 89.1 Å². The molecule has 2 aromatic carbocycles. The molecule has 8 nitrogen and oxygen atoms in total. The van der Waals surface area contributed by atoms with Crippen LogP contribution in [0.25, 0.3) is 21.8 Å². The SMILES string of the molecule is O=C(O)c1ccc2c(c1)nc(Nc1ccc(F)c(Cl)c1)c1nc(NCc3ccccn3)ncc12. The van der Waals surface area contributed by atoms with Gasteiger partial charge < -0.3 is 15.7 Å². The van der Waals surface area contributed by atoms with Crippen molar-refractivity contribution in [1.82, 2.24) is 19.9 Å². The molecule has 5 rings (SSSR count). The number of benzene rings is 2. The minimum absolute atomic E-state index is 0.0457. The Hall–Kier alpha value is -4.37. The van der Waals surface area contributed by atoms with Gasteiger partial charge in [-0.05, 0) is 42.5 Å². The van der Waals surface area contributed by atoms with E-state index in [9.17, 15) is 14.3 Å². The standard InChI is InChI=1S/C24H16ClFN6O2/c25-18-10-14(5-7-19(18)26)30-22-21-17(16-6-4-13(23(33)34)9-20(16)31-22)12-29-24(32-21)28-11-15-3-1-2-8-27-15/h1-10,12H,11H2,(H,30,31)(H,33,34)(H,28,29,32). The van der Waals surface area contributed by atoms with Crippen molar-refractivity contribution in [3.63, 3.8) is 0 Å². The van der Waals surface area contributed by atoms with Gasteiger partial charge in [0.2, 0.25) is 5.95 Å². The fourth-order valence-electron chi connectivity index (χ4n) is 3.47. The smallest absolute Gasteiger partial charge is 0.335 e. The molecule has 168 valence electrons. The summed E-state index contributed by atoms with van der Waals surface area (Å²) in [6.07, 6.45) is 3.35. The van der Waals surface area contributed by atoms with Gasteiger partial charge in [-0.25, -0.2) is 24.1 Å². The van der Waals surface area contributed by atoms with Crippen LogP contribution in [0.4, 0.5) is 21.8 Å². The van der Waals surface area contributed by atoms with E-state index in [1.807, 2.05) is 18.2 Å². The lowest BCUT2D eigenvalue weighted by atomic mass is 10.1. The minimum Gasteiger partial charge on any atom is -0.478 e. The summed E-state index contributed by atoms with van der Waals surface area (Å²) in [5, 5.41) is 17.0. The van der Waals surface area contributed by atoms with Gasteiger partial charge in [-0.15, -0.1) is 0 Å². The maximum Gasteiger partial charge on any atom is 0.335 e. The van der Waals surface area contributed by atoms with Crippen molar-refractivity contribution < 1.29 is 14.3 Å².